The molecule has 0 aromatic heterocycles. The molecule has 4 rings (SSSR count). The van der Waals surface area contributed by atoms with Crippen LogP contribution in [0.5, 0.6) is 0 Å². The summed E-state index contributed by atoms with van der Waals surface area (Å²) in [6.45, 7) is 8.39. The van der Waals surface area contributed by atoms with E-state index in [-0.39, 0.29) is 18.1 Å². The Kier molecular flexibility index (Phi) is 5.74. The van der Waals surface area contributed by atoms with Crippen LogP contribution < -0.4 is 4.90 Å². The maximum absolute atomic E-state index is 13.6. The molecule has 1 aliphatic heterocycles. The van der Waals surface area contributed by atoms with Crippen LogP contribution in [0.3, 0.4) is 0 Å². The normalized spacial score (nSPS) is 17.7. The van der Waals surface area contributed by atoms with Crippen molar-refractivity contribution in [1.82, 2.24) is 0 Å². The van der Waals surface area contributed by atoms with Gasteiger partial charge in [-0.05, 0) is 54.2 Å². The molecular weight excluding hydrogens is 398 g/mol. The molecule has 0 fully saturated rings. The van der Waals surface area contributed by atoms with Gasteiger partial charge in [0.15, 0.2) is 11.4 Å². The topological polar surface area (TPSA) is 57.6 Å². The number of nitrogens with zero attached hydrogens (tertiary/aromatic N) is 1. The third-order valence-electron chi connectivity index (χ3n) is 6.47. The lowest BCUT2D eigenvalue weighted by atomic mass is 9.86. The standard InChI is InChI=1S/C28H29NO3/c1-18(2)21-14-13-20(4)23(15-21)26(30)16-28(32)24-11-7-8-12-25(24)29(27(28)31)17-22-10-6-5-9-19(22)3/h5-15,18,32H,16-17H2,1-4H3. The molecule has 1 unspecified atom stereocenters. The fourth-order valence-corrected chi connectivity index (χ4v) is 4.42. The van der Waals surface area contributed by atoms with Crippen LogP contribution in [0, 0.1) is 13.8 Å². The van der Waals surface area contributed by atoms with Crippen molar-refractivity contribution in [2.75, 3.05) is 4.90 Å². The summed E-state index contributed by atoms with van der Waals surface area (Å²) in [6.07, 6.45) is -0.282. The molecule has 0 spiro atoms. The maximum Gasteiger partial charge on any atom is 0.264 e. The first-order valence-electron chi connectivity index (χ1n) is 11.0. The van der Waals surface area contributed by atoms with Gasteiger partial charge in [-0.1, -0.05) is 68.4 Å². The van der Waals surface area contributed by atoms with Crippen molar-refractivity contribution in [2.45, 2.75) is 52.2 Å². The Morgan fingerprint density at radius 1 is 0.969 bits per heavy atom. The van der Waals surface area contributed by atoms with Crippen LogP contribution in [0.25, 0.3) is 0 Å². The van der Waals surface area contributed by atoms with Gasteiger partial charge in [0.1, 0.15) is 0 Å². The minimum absolute atomic E-state index is 0.228. The molecule has 1 atom stereocenters. The minimum atomic E-state index is -1.88. The average molecular weight is 428 g/mol. The van der Waals surface area contributed by atoms with Crippen LogP contribution in [0.4, 0.5) is 5.69 Å². The van der Waals surface area contributed by atoms with Gasteiger partial charge in [-0.3, -0.25) is 9.59 Å². The molecule has 4 heteroatoms. The van der Waals surface area contributed by atoms with Crippen LogP contribution >= 0.6 is 0 Å². The number of benzene rings is 3. The van der Waals surface area contributed by atoms with Crippen LogP contribution in [0.2, 0.25) is 0 Å². The summed E-state index contributed by atoms with van der Waals surface area (Å²) >= 11 is 0. The summed E-state index contributed by atoms with van der Waals surface area (Å²) in [6, 6.07) is 20.9. The molecule has 1 aliphatic rings. The van der Waals surface area contributed by atoms with Crippen LogP contribution in [0.1, 0.15) is 64.4 Å². The second-order valence-corrected chi connectivity index (χ2v) is 9.02. The Bertz CT molecular complexity index is 1200. The number of rotatable bonds is 6. The first-order valence-corrected chi connectivity index (χ1v) is 11.0. The molecule has 0 radical (unpaired) electrons. The molecule has 1 N–H and O–H groups in total. The smallest absolute Gasteiger partial charge is 0.264 e. The second kappa shape index (κ2) is 8.36. The quantitative estimate of drug-likeness (QED) is 0.533. The van der Waals surface area contributed by atoms with Crippen molar-refractivity contribution in [2.24, 2.45) is 0 Å². The molecule has 0 saturated carbocycles. The maximum atomic E-state index is 13.6. The van der Waals surface area contributed by atoms with Gasteiger partial charge in [-0.25, -0.2) is 0 Å². The SMILES string of the molecule is Cc1ccccc1CN1C(=O)C(O)(CC(=O)c2cc(C(C)C)ccc2C)c2ccccc21. The number of aliphatic hydroxyl groups is 1. The van der Waals surface area contributed by atoms with E-state index in [9.17, 15) is 14.7 Å². The molecule has 164 valence electrons. The molecule has 0 bridgehead atoms. The Hall–Kier alpha value is -3.24. The highest BCUT2D eigenvalue weighted by Crippen LogP contribution is 2.43. The highest BCUT2D eigenvalue weighted by molar-refractivity contribution is 6.11. The number of ketones is 1. The lowest BCUT2D eigenvalue weighted by Gasteiger charge is -2.24. The van der Waals surface area contributed by atoms with Crippen molar-refractivity contribution < 1.29 is 14.7 Å². The van der Waals surface area contributed by atoms with E-state index < -0.39 is 11.5 Å². The number of para-hydroxylation sites is 1. The van der Waals surface area contributed by atoms with E-state index in [2.05, 4.69) is 13.8 Å². The van der Waals surface area contributed by atoms with Gasteiger partial charge >= 0.3 is 0 Å². The summed E-state index contributed by atoms with van der Waals surface area (Å²) in [4.78, 5) is 28.5. The lowest BCUT2D eigenvalue weighted by molar-refractivity contribution is -0.136. The van der Waals surface area contributed by atoms with Crippen LogP contribution in [0.15, 0.2) is 66.7 Å². The number of carbonyl (C=O) groups is 2. The minimum Gasteiger partial charge on any atom is -0.375 e. The van der Waals surface area contributed by atoms with Gasteiger partial charge in [0, 0.05) is 11.1 Å². The predicted octanol–water partition coefficient (Wildman–Crippen LogP) is 5.43. The number of hydrogen-bond donors (Lipinski definition) is 1. The zero-order valence-electron chi connectivity index (χ0n) is 19.1. The third kappa shape index (κ3) is 3.76. The molecule has 1 amide bonds. The predicted molar refractivity (Wildman–Crippen MR) is 127 cm³/mol. The summed E-state index contributed by atoms with van der Waals surface area (Å²) in [5.41, 5.74) is 3.82. The van der Waals surface area contributed by atoms with Gasteiger partial charge in [-0.15, -0.1) is 0 Å². The molecular formula is C28H29NO3. The van der Waals surface area contributed by atoms with E-state index >= 15 is 0 Å². The molecule has 3 aromatic rings. The van der Waals surface area contributed by atoms with E-state index in [1.807, 2.05) is 68.4 Å². The summed E-state index contributed by atoms with van der Waals surface area (Å²) in [7, 11) is 0. The van der Waals surface area contributed by atoms with Gasteiger partial charge in [0.25, 0.3) is 5.91 Å². The molecule has 0 aliphatic carbocycles. The zero-order valence-corrected chi connectivity index (χ0v) is 19.1. The molecule has 1 heterocycles. The van der Waals surface area contributed by atoms with Gasteiger partial charge in [-0.2, -0.15) is 0 Å². The van der Waals surface area contributed by atoms with E-state index in [1.165, 1.54) is 0 Å². The first-order chi connectivity index (χ1) is 15.2. The lowest BCUT2D eigenvalue weighted by Crippen LogP contribution is -2.41. The monoisotopic (exact) mass is 427 g/mol. The van der Waals surface area contributed by atoms with Crippen LogP contribution in [-0.2, 0) is 16.9 Å². The van der Waals surface area contributed by atoms with Crippen molar-refractivity contribution in [3.05, 3.63) is 100 Å². The van der Waals surface area contributed by atoms with Crippen molar-refractivity contribution in [3.63, 3.8) is 0 Å². The Morgan fingerprint density at radius 3 is 2.38 bits per heavy atom. The number of carbonyl (C=O) groups excluding carboxylic acids is 2. The second-order valence-electron chi connectivity index (χ2n) is 9.02. The van der Waals surface area contributed by atoms with Crippen molar-refractivity contribution in [1.29, 1.82) is 0 Å². The number of aryl methyl sites for hydroxylation is 2. The fraction of sp³-hybridized carbons (Fsp3) is 0.286. The summed E-state index contributed by atoms with van der Waals surface area (Å²) in [5, 5.41) is 11.6. The average Bonchev–Trinajstić information content (AvgIpc) is 2.97. The summed E-state index contributed by atoms with van der Waals surface area (Å²) < 4.78 is 0. The molecule has 4 nitrogen and oxygen atoms in total. The zero-order chi connectivity index (χ0) is 23.0. The van der Waals surface area contributed by atoms with E-state index in [0.29, 0.717) is 23.4 Å². The number of hydrogen-bond acceptors (Lipinski definition) is 3. The number of amides is 1. The van der Waals surface area contributed by atoms with E-state index in [1.54, 1.807) is 17.0 Å². The number of fused-ring (bicyclic) bond motifs is 1. The highest BCUT2D eigenvalue weighted by atomic mass is 16.3. The third-order valence-corrected chi connectivity index (χ3v) is 6.47. The van der Waals surface area contributed by atoms with Gasteiger partial charge in [0.05, 0.1) is 18.7 Å². The van der Waals surface area contributed by atoms with Crippen LogP contribution in [-0.4, -0.2) is 16.8 Å². The molecule has 32 heavy (non-hydrogen) atoms. The van der Waals surface area contributed by atoms with Crippen molar-refractivity contribution in [3.8, 4) is 0 Å². The largest absolute Gasteiger partial charge is 0.375 e. The van der Waals surface area contributed by atoms with E-state index in [4.69, 9.17) is 0 Å². The first kappa shape index (κ1) is 22.0. The molecule has 3 aromatic carbocycles. The molecule has 0 saturated heterocycles. The van der Waals surface area contributed by atoms with Crippen molar-refractivity contribution >= 4 is 17.4 Å². The van der Waals surface area contributed by atoms with Gasteiger partial charge in [0.2, 0.25) is 0 Å². The number of Topliss-reactive ketones (excluding diaryl/α,β-unsaturated/α-hetero) is 1. The Morgan fingerprint density at radius 2 is 1.66 bits per heavy atom. The Labute approximate surface area is 189 Å². The van der Waals surface area contributed by atoms with E-state index in [0.717, 1.165) is 22.3 Å². The fourth-order valence-electron chi connectivity index (χ4n) is 4.42. The Balaban J connectivity index is 1.70. The summed E-state index contributed by atoms with van der Waals surface area (Å²) in [5.74, 6) is -0.398. The van der Waals surface area contributed by atoms with Gasteiger partial charge < -0.3 is 10.0 Å². The highest BCUT2D eigenvalue weighted by Gasteiger charge is 2.50. The number of anilines is 1.